The van der Waals surface area contributed by atoms with Crippen molar-refractivity contribution in [2.24, 2.45) is 0 Å². The van der Waals surface area contributed by atoms with Gasteiger partial charge in [0, 0.05) is 61.4 Å². The van der Waals surface area contributed by atoms with Crippen LogP contribution in [0.4, 0.5) is 17.2 Å². The number of rotatable bonds is 6. The van der Waals surface area contributed by atoms with Crippen molar-refractivity contribution in [2.45, 2.75) is 6.10 Å². The number of nitrogens with one attached hydrogen (secondary N) is 2. The van der Waals surface area contributed by atoms with E-state index in [1.54, 1.807) is 13.3 Å². The van der Waals surface area contributed by atoms with Crippen LogP contribution < -0.4 is 15.0 Å². The van der Waals surface area contributed by atoms with Gasteiger partial charge in [-0.3, -0.25) is 4.98 Å². The quantitative estimate of drug-likeness (QED) is 0.346. The molecule has 6 rings (SSSR count). The summed E-state index contributed by atoms with van der Waals surface area (Å²) >= 11 is 0. The number of morpholine rings is 1. The molecule has 0 saturated carbocycles. The van der Waals surface area contributed by atoms with Gasteiger partial charge in [0.1, 0.15) is 5.75 Å². The zero-order valence-electron chi connectivity index (χ0n) is 19.2. The van der Waals surface area contributed by atoms with Crippen LogP contribution in [0, 0.1) is 0 Å². The average molecular weight is 472 g/mol. The highest BCUT2D eigenvalue weighted by Crippen LogP contribution is 2.34. The number of aliphatic hydroxyl groups excluding tert-OH is 1. The first-order valence-corrected chi connectivity index (χ1v) is 11.4. The Labute approximate surface area is 201 Å². The highest BCUT2D eigenvalue weighted by molar-refractivity contribution is 5.81. The molecule has 3 N–H and O–H groups in total. The number of anilines is 3. The van der Waals surface area contributed by atoms with Crippen molar-refractivity contribution in [3.8, 4) is 17.0 Å². The molecule has 10 nitrogen and oxygen atoms in total. The van der Waals surface area contributed by atoms with E-state index in [0.29, 0.717) is 24.6 Å². The lowest BCUT2D eigenvalue weighted by molar-refractivity contribution is 0.00347. The van der Waals surface area contributed by atoms with Gasteiger partial charge in [-0.15, -0.1) is 0 Å². The Morgan fingerprint density at radius 2 is 2.20 bits per heavy atom. The largest absolute Gasteiger partial charge is 0.495 e. The molecule has 1 aliphatic heterocycles. The topological polar surface area (TPSA) is 113 Å². The molecule has 0 bridgehead atoms. The number of hydrogen-bond acceptors (Lipinski definition) is 8. The molecule has 0 spiro atoms. The van der Waals surface area contributed by atoms with Crippen LogP contribution in [0.25, 0.3) is 27.9 Å². The van der Waals surface area contributed by atoms with E-state index < -0.39 is 0 Å². The lowest BCUT2D eigenvalue weighted by atomic mass is 10.2. The summed E-state index contributed by atoms with van der Waals surface area (Å²) in [5.41, 5.74) is 6.03. The van der Waals surface area contributed by atoms with Crippen molar-refractivity contribution in [1.82, 2.24) is 24.3 Å². The van der Waals surface area contributed by atoms with E-state index in [2.05, 4.69) is 25.2 Å². The number of fused-ring (bicyclic) bond motifs is 2. The highest BCUT2D eigenvalue weighted by Gasteiger charge is 2.22. The number of pyridine rings is 1. The fourth-order valence-corrected chi connectivity index (χ4v) is 4.43. The zero-order chi connectivity index (χ0) is 23.8. The molecule has 10 heteroatoms. The summed E-state index contributed by atoms with van der Waals surface area (Å²) in [6, 6.07) is 9.92. The monoisotopic (exact) mass is 471 g/mol. The lowest BCUT2D eigenvalue weighted by Crippen LogP contribution is -2.44. The van der Waals surface area contributed by atoms with Crippen LogP contribution in [-0.2, 0) is 4.74 Å². The van der Waals surface area contributed by atoms with Crippen LogP contribution >= 0.6 is 0 Å². The predicted octanol–water partition coefficient (Wildman–Crippen LogP) is 3.22. The molecule has 1 fully saturated rings. The molecule has 0 aliphatic carbocycles. The van der Waals surface area contributed by atoms with Crippen molar-refractivity contribution >= 4 is 33.9 Å². The minimum atomic E-state index is -0.202. The SMILES string of the molecule is COc1cc(Nc2nc(-c3cnc4cc[nH]c4c3)cn3ccnc23)ccc1N1CCO[C@@H](CO)C1. The minimum Gasteiger partial charge on any atom is -0.495 e. The maximum Gasteiger partial charge on any atom is 0.180 e. The Morgan fingerprint density at radius 1 is 1.26 bits per heavy atom. The van der Waals surface area contributed by atoms with Crippen LogP contribution in [0.3, 0.4) is 0 Å². The number of aromatic nitrogens is 5. The summed E-state index contributed by atoms with van der Waals surface area (Å²) in [5, 5.41) is 12.9. The lowest BCUT2D eigenvalue weighted by Gasteiger charge is -2.34. The number of benzene rings is 1. The molecule has 0 radical (unpaired) electrons. The van der Waals surface area contributed by atoms with Gasteiger partial charge in [-0.2, -0.15) is 0 Å². The zero-order valence-corrected chi connectivity index (χ0v) is 19.2. The average Bonchev–Trinajstić information content (AvgIpc) is 3.57. The molecule has 1 atom stereocenters. The van der Waals surface area contributed by atoms with Gasteiger partial charge in [0.15, 0.2) is 11.5 Å². The standard InChI is InChI=1S/C25H25N7O3/c1-34-23-11-17(2-3-22(23)31-8-9-35-18(13-31)15-33)29-24-25-27-6-7-32(25)14-21(30-24)16-10-20-19(28-12-16)4-5-26-20/h2-7,10-12,14,18,26,33H,8-9,13,15H2,1H3,(H,29,30)/t18-/m1/s1. The summed E-state index contributed by atoms with van der Waals surface area (Å²) in [5.74, 6) is 1.35. The second-order valence-electron chi connectivity index (χ2n) is 8.40. The predicted molar refractivity (Wildman–Crippen MR) is 133 cm³/mol. The third-order valence-corrected chi connectivity index (χ3v) is 6.19. The van der Waals surface area contributed by atoms with Crippen LogP contribution in [-0.4, -0.2) is 69.0 Å². The Balaban J connectivity index is 1.34. The Morgan fingerprint density at radius 3 is 3.09 bits per heavy atom. The van der Waals surface area contributed by atoms with Crippen LogP contribution in [0.5, 0.6) is 5.75 Å². The van der Waals surface area contributed by atoms with E-state index in [0.717, 1.165) is 46.0 Å². The Kier molecular flexibility index (Phi) is 5.44. The van der Waals surface area contributed by atoms with E-state index in [9.17, 15) is 5.11 Å². The van der Waals surface area contributed by atoms with Crippen LogP contribution in [0.1, 0.15) is 0 Å². The van der Waals surface area contributed by atoms with Gasteiger partial charge in [-0.1, -0.05) is 0 Å². The van der Waals surface area contributed by atoms with E-state index in [1.807, 2.05) is 59.5 Å². The summed E-state index contributed by atoms with van der Waals surface area (Å²) in [7, 11) is 1.65. The van der Waals surface area contributed by atoms with Gasteiger partial charge >= 0.3 is 0 Å². The van der Waals surface area contributed by atoms with Crippen molar-refractivity contribution in [3.05, 3.63) is 61.3 Å². The number of methoxy groups -OCH3 is 1. The molecular formula is C25H25N7O3. The molecular weight excluding hydrogens is 446 g/mol. The summed E-state index contributed by atoms with van der Waals surface area (Å²) in [6.07, 6.45) is 9.08. The molecule has 1 aliphatic rings. The number of aromatic amines is 1. The summed E-state index contributed by atoms with van der Waals surface area (Å²) < 4.78 is 13.2. The number of H-pyrrole nitrogens is 1. The minimum absolute atomic E-state index is 0.00685. The number of aliphatic hydroxyl groups is 1. The normalized spacial score (nSPS) is 16.2. The molecule has 1 aromatic carbocycles. The van der Waals surface area contributed by atoms with E-state index >= 15 is 0 Å². The first-order valence-electron chi connectivity index (χ1n) is 11.4. The van der Waals surface area contributed by atoms with Gasteiger partial charge < -0.3 is 34.2 Å². The molecule has 4 aromatic heterocycles. The number of imidazole rings is 1. The van der Waals surface area contributed by atoms with Crippen molar-refractivity contribution in [3.63, 3.8) is 0 Å². The van der Waals surface area contributed by atoms with Gasteiger partial charge in [-0.25, -0.2) is 9.97 Å². The maximum absolute atomic E-state index is 9.49. The molecule has 1 saturated heterocycles. The summed E-state index contributed by atoms with van der Waals surface area (Å²) in [4.78, 5) is 19.3. The van der Waals surface area contributed by atoms with E-state index in [4.69, 9.17) is 14.5 Å². The molecule has 5 heterocycles. The van der Waals surface area contributed by atoms with Gasteiger partial charge in [0.05, 0.1) is 48.8 Å². The molecule has 0 unspecified atom stereocenters. The van der Waals surface area contributed by atoms with Gasteiger partial charge in [0.2, 0.25) is 0 Å². The van der Waals surface area contributed by atoms with Crippen molar-refractivity contribution in [2.75, 3.05) is 43.6 Å². The third-order valence-electron chi connectivity index (χ3n) is 6.19. The number of hydrogen-bond donors (Lipinski definition) is 3. The fraction of sp³-hybridized carbons (Fsp3) is 0.240. The second kappa shape index (κ2) is 8.90. The first kappa shape index (κ1) is 21.4. The number of nitrogens with zero attached hydrogens (tertiary/aromatic N) is 5. The molecule has 178 valence electrons. The Bertz CT molecular complexity index is 1500. The molecule has 0 amide bonds. The van der Waals surface area contributed by atoms with Crippen molar-refractivity contribution in [1.29, 1.82) is 0 Å². The third kappa shape index (κ3) is 4.02. The van der Waals surface area contributed by atoms with Crippen LogP contribution in [0.2, 0.25) is 0 Å². The van der Waals surface area contributed by atoms with Gasteiger partial charge in [0.25, 0.3) is 0 Å². The molecule has 35 heavy (non-hydrogen) atoms. The smallest absolute Gasteiger partial charge is 0.180 e. The van der Waals surface area contributed by atoms with Crippen molar-refractivity contribution < 1.29 is 14.6 Å². The number of ether oxygens (including phenoxy) is 2. The molecule has 5 aromatic rings. The highest BCUT2D eigenvalue weighted by atomic mass is 16.5. The fourth-order valence-electron chi connectivity index (χ4n) is 4.43. The van der Waals surface area contributed by atoms with Gasteiger partial charge in [-0.05, 0) is 24.3 Å². The Hall–Kier alpha value is -4.15. The second-order valence-corrected chi connectivity index (χ2v) is 8.40. The van der Waals surface area contributed by atoms with E-state index in [-0.39, 0.29) is 12.7 Å². The van der Waals surface area contributed by atoms with Crippen LogP contribution in [0.15, 0.2) is 61.3 Å². The first-order chi connectivity index (χ1) is 17.2. The summed E-state index contributed by atoms with van der Waals surface area (Å²) in [6.45, 7) is 1.90. The van der Waals surface area contributed by atoms with E-state index in [1.165, 1.54) is 0 Å². The maximum atomic E-state index is 9.49.